The molecule has 0 aliphatic heterocycles. The van der Waals surface area contributed by atoms with Crippen LogP contribution in [0.1, 0.15) is 118 Å². The molecule has 7 rings (SSSR count). The molecule has 5 aliphatic rings. The number of carbonyl (C=O) groups is 4. The van der Waals surface area contributed by atoms with Crippen LogP contribution in [0.4, 0.5) is 0 Å². The van der Waals surface area contributed by atoms with Crippen LogP contribution in [-0.2, 0) is 36.9 Å². The summed E-state index contributed by atoms with van der Waals surface area (Å²) >= 11 is 0. The zero-order chi connectivity index (χ0) is 36.1. The predicted octanol–water partition coefficient (Wildman–Crippen LogP) is 8.75. The van der Waals surface area contributed by atoms with Gasteiger partial charge in [-0.05, 0) is 122 Å². The Kier molecular flexibility index (Phi) is 8.20. The Hall–Kier alpha value is -3.22. The number of aliphatic carboxylic acids is 1. The highest BCUT2D eigenvalue weighted by atomic mass is 16.5. The molecule has 0 bridgehead atoms. The molecule has 4 fully saturated rings. The minimum Gasteiger partial charge on any atom is -0.481 e. The first-order valence-electron chi connectivity index (χ1n) is 19.2. The van der Waals surface area contributed by atoms with E-state index in [1.165, 1.54) is 5.57 Å². The van der Waals surface area contributed by atoms with Crippen molar-refractivity contribution in [2.45, 2.75) is 126 Å². The first kappa shape index (κ1) is 35.2. The highest BCUT2D eigenvalue weighted by Gasteiger charge is 2.70. The third-order valence-corrected chi connectivity index (χ3v) is 15.9. The van der Waals surface area contributed by atoms with Gasteiger partial charge in [0.25, 0.3) is 0 Å². The average molecular weight is 684 g/mol. The van der Waals surface area contributed by atoms with E-state index < -0.39 is 16.8 Å². The Labute approximate surface area is 297 Å². The second-order valence-corrected chi connectivity index (χ2v) is 18.8. The number of benzene rings is 1. The van der Waals surface area contributed by atoms with Crippen molar-refractivity contribution in [1.82, 2.24) is 4.57 Å². The lowest BCUT2D eigenvalue weighted by molar-refractivity contribution is -0.188. The fourth-order valence-corrected chi connectivity index (χ4v) is 12.5. The van der Waals surface area contributed by atoms with Crippen molar-refractivity contribution in [3.05, 3.63) is 47.7 Å². The smallest absolute Gasteiger partial charge is 0.311 e. The third-order valence-electron chi connectivity index (χ3n) is 15.9. The minimum atomic E-state index is -0.833. The number of aryl methyl sites for hydroxylation is 1. The number of hydrogen-bond acceptors (Lipinski definition) is 5. The molecular weight excluding hydrogens is 626 g/mol. The Balaban J connectivity index is 1.13. The van der Waals surface area contributed by atoms with Crippen molar-refractivity contribution in [3.63, 3.8) is 0 Å². The summed E-state index contributed by atoms with van der Waals surface area (Å²) in [5.41, 5.74) is 1.59. The van der Waals surface area contributed by atoms with Gasteiger partial charge in [0.1, 0.15) is 12.4 Å². The van der Waals surface area contributed by atoms with Gasteiger partial charge in [0.15, 0.2) is 5.78 Å². The van der Waals surface area contributed by atoms with Crippen molar-refractivity contribution in [3.8, 4) is 0 Å². The maximum absolute atomic E-state index is 14.6. The van der Waals surface area contributed by atoms with Gasteiger partial charge < -0.3 is 14.4 Å². The fourth-order valence-electron chi connectivity index (χ4n) is 12.5. The van der Waals surface area contributed by atoms with Gasteiger partial charge in [0.2, 0.25) is 0 Å². The van der Waals surface area contributed by atoms with Gasteiger partial charge in [-0.3, -0.25) is 19.2 Å². The number of nitrogens with zero attached hydrogens (tertiary/aromatic N) is 1. The Morgan fingerprint density at radius 1 is 0.940 bits per heavy atom. The van der Waals surface area contributed by atoms with Crippen LogP contribution in [0.3, 0.4) is 0 Å². The van der Waals surface area contributed by atoms with Crippen molar-refractivity contribution in [2.75, 3.05) is 6.61 Å². The van der Waals surface area contributed by atoms with E-state index in [-0.39, 0.29) is 64.2 Å². The number of para-hydroxylation sites is 1. The van der Waals surface area contributed by atoms with Crippen LogP contribution in [0, 0.1) is 50.2 Å². The molecule has 0 spiro atoms. The van der Waals surface area contributed by atoms with Gasteiger partial charge in [-0.1, -0.05) is 65.3 Å². The standard InChI is InChI=1S/C43H57NO6/c1-38(2)33-14-17-43(7)36(41(33,5)16-15-34(38)46)32(45)25-29-30-26-40(4,19-18-39(30,3)20-21-42(29,43)6)37(49)50-23-22-44-28(12-13-35(47)48)24-27-10-8-9-11-31(27)44/h8-11,24-25,30,33,36H,12-23,26H2,1-7H3,(H,47,48)/t30-,33-,36+,39+,40-,41-,42+,43+/m0/s1. The molecule has 7 heteroatoms. The van der Waals surface area contributed by atoms with Gasteiger partial charge in [-0.25, -0.2) is 0 Å². The summed E-state index contributed by atoms with van der Waals surface area (Å²) in [6.07, 6.45) is 10.2. The molecule has 1 aromatic carbocycles. The first-order valence-corrected chi connectivity index (χ1v) is 19.2. The maximum atomic E-state index is 14.6. The number of esters is 1. The van der Waals surface area contributed by atoms with Gasteiger partial charge in [0, 0.05) is 29.0 Å². The second kappa shape index (κ2) is 11.6. The first-order chi connectivity index (χ1) is 23.4. The summed E-state index contributed by atoms with van der Waals surface area (Å²) < 4.78 is 8.19. The highest BCUT2D eigenvalue weighted by Crippen LogP contribution is 2.74. The number of allylic oxidation sites excluding steroid dienone is 2. The number of aromatic nitrogens is 1. The van der Waals surface area contributed by atoms with E-state index in [0.717, 1.165) is 61.5 Å². The lowest BCUT2D eigenvalue weighted by Gasteiger charge is -2.69. The van der Waals surface area contributed by atoms with Crippen LogP contribution in [0.2, 0.25) is 0 Å². The van der Waals surface area contributed by atoms with Crippen molar-refractivity contribution >= 4 is 34.4 Å². The van der Waals surface area contributed by atoms with Crippen LogP contribution >= 0.6 is 0 Å². The number of Topliss-reactive ketones (excluding diaryl/α,β-unsaturated/α-hetero) is 1. The van der Waals surface area contributed by atoms with E-state index in [9.17, 15) is 24.3 Å². The Bertz CT molecular complexity index is 1800. The minimum absolute atomic E-state index is 0.0259. The largest absolute Gasteiger partial charge is 0.481 e. The quantitative estimate of drug-likeness (QED) is 0.293. The van der Waals surface area contributed by atoms with Crippen LogP contribution in [0.25, 0.3) is 10.9 Å². The summed E-state index contributed by atoms with van der Waals surface area (Å²) in [7, 11) is 0. The third kappa shape index (κ3) is 5.02. The van der Waals surface area contributed by atoms with Crippen molar-refractivity contribution < 1.29 is 29.0 Å². The Morgan fingerprint density at radius 2 is 1.66 bits per heavy atom. The highest BCUT2D eigenvalue weighted by molar-refractivity contribution is 5.96. The van der Waals surface area contributed by atoms with Crippen molar-refractivity contribution in [1.29, 1.82) is 0 Å². The fraction of sp³-hybridized carbons (Fsp3) is 0.674. The molecule has 5 aliphatic carbocycles. The monoisotopic (exact) mass is 683 g/mol. The zero-order valence-corrected chi connectivity index (χ0v) is 31.3. The summed E-state index contributed by atoms with van der Waals surface area (Å²) in [5, 5.41) is 10.4. The molecule has 1 heterocycles. The van der Waals surface area contributed by atoms with Gasteiger partial charge in [0.05, 0.1) is 18.4 Å². The number of carboxylic acids is 1. The van der Waals surface area contributed by atoms with E-state index >= 15 is 0 Å². The molecule has 50 heavy (non-hydrogen) atoms. The molecule has 4 saturated carbocycles. The number of carboxylic acid groups (broad SMARTS) is 1. The van der Waals surface area contributed by atoms with Gasteiger partial charge in [-0.15, -0.1) is 0 Å². The van der Waals surface area contributed by atoms with E-state index in [2.05, 4.69) is 53.0 Å². The molecule has 0 saturated heterocycles. The van der Waals surface area contributed by atoms with E-state index in [1.807, 2.05) is 36.4 Å². The molecule has 2 aromatic rings. The van der Waals surface area contributed by atoms with Gasteiger partial charge in [-0.2, -0.15) is 0 Å². The molecule has 1 N–H and O–H groups in total. The topological polar surface area (TPSA) is 103 Å². The normalized spacial score (nSPS) is 39.1. The Morgan fingerprint density at radius 3 is 2.40 bits per heavy atom. The van der Waals surface area contributed by atoms with Crippen LogP contribution in [-0.4, -0.2) is 39.8 Å². The summed E-state index contributed by atoms with van der Waals surface area (Å²) in [4.78, 5) is 53.1. The number of fused-ring (bicyclic) bond motifs is 8. The lowest BCUT2D eigenvalue weighted by atomic mass is 9.33. The molecule has 8 atom stereocenters. The predicted molar refractivity (Wildman–Crippen MR) is 193 cm³/mol. The van der Waals surface area contributed by atoms with Crippen LogP contribution < -0.4 is 0 Å². The maximum Gasteiger partial charge on any atom is 0.311 e. The number of hydrogen-bond donors (Lipinski definition) is 1. The summed E-state index contributed by atoms with van der Waals surface area (Å²) in [6.45, 7) is 16.5. The molecule has 0 amide bonds. The number of ether oxygens (including phenoxy) is 1. The number of ketones is 2. The summed E-state index contributed by atoms with van der Waals surface area (Å²) in [5.74, 6) is -0.199. The van der Waals surface area contributed by atoms with E-state index in [1.54, 1.807) is 0 Å². The summed E-state index contributed by atoms with van der Waals surface area (Å²) in [6, 6.07) is 10.0. The van der Waals surface area contributed by atoms with Crippen LogP contribution in [0.15, 0.2) is 42.0 Å². The van der Waals surface area contributed by atoms with E-state index in [4.69, 9.17) is 4.74 Å². The molecular formula is C43H57NO6. The number of carbonyl (C=O) groups excluding carboxylic acids is 3. The van der Waals surface area contributed by atoms with Crippen molar-refractivity contribution in [2.24, 2.45) is 50.2 Å². The second-order valence-electron chi connectivity index (χ2n) is 18.8. The SMILES string of the molecule is CC1(C)C(=O)CC[C@]2(C)[C@H]3C(=O)C=C4[C@@H]5C[C@@](C)(C(=O)OCCn6c(CCC(=O)O)cc7ccccc76)CC[C@]5(C)CC[C@@]4(C)[C@]3(C)CC[C@@H]12. The van der Waals surface area contributed by atoms with Crippen LogP contribution in [0.5, 0.6) is 0 Å². The van der Waals surface area contributed by atoms with E-state index in [0.29, 0.717) is 31.6 Å². The lowest BCUT2D eigenvalue weighted by Crippen LogP contribution is -2.66. The average Bonchev–Trinajstić information content (AvgIpc) is 3.41. The molecule has 7 nitrogen and oxygen atoms in total. The molecule has 0 unspecified atom stereocenters. The zero-order valence-electron chi connectivity index (χ0n) is 31.3. The van der Waals surface area contributed by atoms with Gasteiger partial charge >= 0.3 is 11.9 Å². The molecule has 0 radical (unpaired) electrons. The number of rotatable bonds is 7. The molecule has 270 valence electrons. The molecule has 1 aromatic heterocycles.